The van der Waals surface area contributed by atoms with Crippen LogP contribution in [0.1, 0.15) is 26.3 Å². The Kier molecular flexibility index (Phi) is 4.00. The van der Waals surface area contributed by atoms with Crippen LogP contribution < -0.4 is 10.1 Å². The Morgan fingerprint density at radius 3 is 2.26 bits per heavy atom. The molecule has 2 rings (SSSR count). The van der Waals surface area contributed by atoms with Crippen LogP contribution in [0.3, 0.4) is 0 Å². The number of aromatic nitrogens is 2. The van der Waals surface area contributed by atoms with Gasteiger partial charge >= 0.3 is 0 Å². The summed E-state index contributed by atoms with van der Waals surface area (Å²) in [4.78, 5) is 7.92. The van der Waals surface area contributed by atoms with Crippen molar-refractivity contribution in [3.63, 3.8) is 0 Å². The van der Waals surface area contributed by atoms with E-state index >= 15 is 0 Å². The third-order valence-electron chi connectivity index (χ3n) is 2.40. The minimum absolute atomic E-state index is 0.166. The molecule has 0 atom stereocenters. The summed E-state index contributed by atoms with van der Waals surface area (Å²) < 4.78 is 5.78. The molecular formula is C15H19N3O. The van der Waals surface area contributed by atoms with E-state index in [1.807, 2.05) is 32.9 Å². The molecule has 1 aromatic carbocycles. The summed E-state index contributed by atoms with van der Waals surface area (Å²) in [7, 11) is 0. The molecule has 0 saturated heterocycles. The predicted octanol–water partition coefficient (Wildman–Crippen LogP) is 3.27. The first-order valence-electron chi connectivity index (χ1n) is 6.30. The Balaban J connectivity index is 1.92. The SMILES string of the molecule is CC(C)(C)Oc1ccc(CNc2cncnc2)cc1. The summed E-state index contributed by atoms with van der Waals surface area (Å²) in [6.07, 6.45) is 5.03. The number of hydrogen-bond donors (Lipinski definition) is 1. The molecule has 0 radical (unpaired) electrons. The highest BCUT2D eigenvalue weighted by Crippen LogP contribution is 2.18. The first kappa shape index (κ1) is 13.3. The third-order valence-corrected chi connectivity index (χ3v) is 2.40. The van der Waals surface area contributed by atoms with Gasteiger partial charge in [0.1, 0.15) is 17.7 Å². The zero-order valence-electron chi connectivity index (χ0n) is 11.6. The summed E-state index contributed by atoms with van der Waals surface area (Å²) in [5, 5.41) is 3.26. The zero-order chi connectivity index (χ0) is 13.7. The number of nitrogens with one attached hydrogen (secondary N) is 1. The number of nitrogens with zero attached hydrogens (tertiary/aromatic N) is 2. The molecule has 0 aliphatic heterocycles. The third kappa shape index (κ3) is 4.58. The molecule has 0 bridgehead atoms. The van der Waals surface area contributed by atoms with Crippen LogP contribution in [0, 0.1) is 0 Å². The van der Waals surface area contributed by atoms with Crippen molar-refractivity contribution in [3.05, 3.63) is 48.5 Å². The van der Waals surface area contributed by atoms with Gasteiger partial charge < -0.3 is 10.1 Å². The smallest absolute Gasteiger partial charge is 0.120 e. The molecule has 0 spiro atoms. The van der Waals surface area contributed by atoms with E-state index in [-0.39, 0.29) is 5.60 Å². The maximum Gasteiger partial charge on any atom is 0.120 e. The van der Waals surface area contributed by atoms with Crippen LogP contribution in [0.2, 0.25) is 0 Å². The van der Waals surface area contributed by atoms with E-state index in [4.69, 9.17) is 4.74 Å². The molecule has 4 heteroatoms. The lowest BCUT2D eigenvalue weighted by molar-refractivity contribution is 0.131. The van der Waals surface area contributed by atoms with Crippen molar-refractivity contribution in [1.29, 1.82) is 0 Å². The number of rotatable bonds is 4. The molecule has 0 saturated carbocycles. The van der Waals surface area contributed by atoms with Crippen molar-refractivity contribution in [2.75, 3.05) is 5.32 Å². The van der Waals surface area contributed by atoms with Crippen LogP contribution in [0.15, 0.2) is 43.0 Å². The van der Waals surface area contributed by atoms with Crippen LogP contribution in [0.4, 0.5) is 5.69 Å². The fourth-order valence-corrected chi connectivity index (χ4v) is 1.62. The van der Waals surface area contributed by atoms with Crippen molar-refractivity contribution >= 4 is 5.69 Å². The molecule has 0 aliphatic rings. The van der Waals surface area contributed by atoms with Crippen LogP contribution in [-0.4, -0.2) is 15.6 Å². The summed E-state index contributed by atoms with van der Waals surface area (Å²) in [6.45, 7) is 6.86. The second-order valence-corrected chi connectivity index (χ2v) is 5.34. The lowest BCUT2D eigenvalue weighted by Crippen LogP contribution is -2.22. The van der Waals surface area contributed by atoms with Gasteiger partial charge in [0.25, 0.3) is 0 Å². The molecule has 0 fully saturated rings. The van der Waals surface area contributed by atoms with Crippen LogP contribution in [0.25, 0.3) is 0 Å². The van der Waals surface area contributed by atoms with Crippen LogP contribution in [0.5, 0.6) is 5.75 Å². The van der Waals surface area contributed by atoms with Gasteiger partial charge in [0, 0.05) is 6.54 Å². The van der Waals surface area contributed by atoms with E-state index in [9.17, 15) is 0 Å². The van der Waals surface area contributed by atoms with Crippen molar-refractivity contribution in [2.45, 2.75) is 32.9 Å². The molecule has 4 nitrogen and oxygen atoms in total. The van der Waals surface area contributed by atoms with E-state index in [2.05, 4.69) is 27.4 Å². The molecule has 0 aliphatic carbocycles. The lowest BCUT2D eigenvalue weighted by Gasteiger charge is -2.21. The highest BCUT2D eigenvalue weighted by atomic mass is 16.5. The van der Waals surface area contributed by atoms with Gasteiger partial charge in [-0.3, -0.25) is 0 Å². The number of benzene rings is 1. The van der Waals surface area contributed by atoms with E-state index in [0.29, 0.717) is 0 Å². The molecule has 1 N–H and O–H groups in total. The Labute approximate surface area is 113 Å². The summed E-state index contributed by atoms with van der Waals surface area (Å²) in [6, 6.07) is 8.09. The summed E-state index contributed by atoms with van der Waals surface area (Å²) >= 11 is 0. The zero-order valence-corrected chi connectivity index (χ0v) is 11.6. The summed E-state index contributed by atoms with van der Waals surface area (Å²) in [5.74, 6) is 0.888. The summed E-state index contributed by atoms with van der Waals surface area (Å²) in [5.41, 5.74) is 1.93. The van der Waals surface area contributed by atoms with Crippen molar-refractivity contribution in [2.24, 2.45) is 0 Å². The van der Waals surface area contributed by atoms with Gasteiger partial charge in [-0.05, 0) is 38.5 Å². The quantitative estimate of drug-likeness (QED) is 0.913. The average molecular weight is 257 g/mol. The van der Waals surface area contributed by atoms with E-state index < -0.39 is 0 Å². The molecule has 0 amide bonds. The maximum atomic E-state index is 5.78. The fourth-order valence-electron chi connectivity index (χ4n) is 1.62. The van der Waals surface area contributed by atoms with E-state index in [0.717, 1.165) is 18.0 Å². The van der Waals surface area contributed by atoms with Gasteiger partial charge in [-0.15, -0.1) is 0 Å². The monoisotopic (exact) mass is 257 g/mol. The second-order valence-electron chi connectivity index (χ2n) is 5.34. The molecule has 100 valence electrons. The first-order valence-corrected chi connectivity index (χ1v) is 6.30. The standard InChI is InChI=1S/C15H19N3O/c1-15(2,3)19-14-6-4-12(5-7-14)8-18-13-9-16-11-17-10-13/h4-7,9-11,18H,8H2,1-3H3. The maximum absolute atomic E-state index is 5.78. The molecular weight excluding hydrogens is 238 g/mol. The number of ether oxygens (including phenoxy) is 1. The van der Waals surface area contributed by atoms with Gasteiger partial charge in [0.15, 0.2) is 0 Å². The molecule has 2 aromatic rings. The highest BCUT2D eigenvalue weighted by Gasteiger charge is 2.11. The minimum atomic E-state index is -0.166. The van der Waals surface area contributed by atoms with E-state index in [1.165, 1.54) is 11.9 Å². The van der Waals surface area contributed by atoms with Gasteiger partial charge in [0.2, 0.25) is 0 Å². The Hall–Kier alpha value is -2.10. The Morgan fingerprint density at radius 1 is 1.05 bits per heavy atom. The molecule has 1 heterocycles. The average Bonchev–Trinajstić information content (AvgIpc) is 2.37. The van der Waals surface area contributed by atoms with Crippen molar-refractivity contribution in [3.8, 4) is 5.75 Å². The van der Waals surface area contributed by atoms with Gasteiger partial charge in [-0.2, -0.15) is 0 Å². The van der Waals surface area contributed by atoms with Crippen molar-refractivity contribution < 1.29 is 4.74 Å². The van der Waals surface area contributed by atoms with Crippen LogP contribution >= 0.6 is 0 Å². The Bertz CT molecular complexity index is 503. The molecule has 1 aromatic heterocycles. The van der Waals surface area contributed by atoms with E-state index in [1.54, 1.807) is 12.4 Å². The molecule has 19 heavy (non-hydrogen) atoms. The molecule has 0 unspecified atom stereocenters. The largest absolute Gasteiger partial charge is 0.488 e. The van der Waals surface area contributed by atoms with Gasteiger partial charge in [-0.1, -0.05) is 12.1 Å². The first-order chi connectivity index (χ1) is 9.03. The second kappa shape index (κ2) is 5.69. The minimum Gasteiger partial charge on any atom is -0.488 e. The van der Waals surface area contributed by atoms with Crippen molar-refractivity contribution in [1.82, 2.24) is 9.97 Å². The van der Waals surface area contributed by atoms with Gasteiger partial charge in [0.05, 0.1) is 18.1 Å². The highest BCUT2D eigenvalue weighted by molar-refractivity contribution is 5.39. The van der Waals surface area contributed by atoms with Crippen LogP contribution in [-0.2, 0) is 6.54 Å². The topological polar surface area (TPSA) is 47.0 Å². The number of hydrogen-bond acceptors (Lipinski definition) is 4. The fraction of sp³-hybridized carbons (Fsp3) is 0.333. The number of anilines is 1. The normalized spacial score (nSPS) is 11.1. The Morgan fingerprint density at radius 2 is 1.68 bits per heavy atom. The predicted molar refractivity (Wildman–Crippen MR) is 76.2 cm³/mol. The lowest BCUT2D eigenvalue weighted by atomic mass is 10.1. The van der Waals surface area contributed by atoms with Gasteiger partial charge in [-0.25, -0.2) is 9.97 Å².